The van der Waals surface area contributed by atoms with Crippen molar-refractivity contribution in [1.82, 2.24) is 0 Å². The first-order chi connectivity index (χ1) is 7.65. The number of benzene rings is 2. The smallest absolute Gasteiger partial charge is 0.160 e. The third-order valence-corrected chi connectivity index (χ3v) is 3.34. The fourth-order valence-electron chi connectivity index (χ4n) is 1.81. The summed E-state index contributed by atoms with van der Waals surface area (Å²) >= 11 is 1.55. The molecule has 0 saturated carbocycles. The molecule has 0 heterocycles. The molecule has 0 aliphatic heterocycles. The van der Waals surface area contributed by atoms with Crippen LogP contribution in [0.1, 0.15) is 17.3 Å². The number of rotatable bonds is 2. The van der Waals surface area contributed by atoms with Crippen LogP contribution in [0.2, 0.25) is 0 Å². The summed E-state index contributed by atoms with van der Waals surface area (Å²) < 4.78 is 13.8. The summed E-state index contributed by atoms with van der Waals surface area (Å²) in [4.78, 5) is 12.4. The molecule has 0 unspecified atom stereocenters. The Kier molecular flexibility index (Phi) is 2.97. The Hall–Kier alpha value is -1.35. The highest BCUT2D eigenvalue weighted by Crippen LogP contribution is 2.30. The second-order valence-corrected chi connectivity index (χ2v) is 4.38. The van der Waals surface area contributed by atoms with Gasteiger partial charge in [0.15, 0.2) is 5.78 Å². The van der Waals surface area contributed by atoms with E-state index in [1.165, 1.54) is 13.0 Å². The summed E-state index contributed by atoms with van der Waals surface area (Å²) in [7, 11) is 0. The van der Waals surface area contributed by atoms with Gasteiger partial charge in [0.1, 0.15) is 5.82 Å². The normalized spacial score (nSPS) is 10.7. The number of carbonyl (C=O) groups excluding carboxylic acids is 1. The van der Waals surface area contributed by atoms with E-state index in [1.54, 1.807) is 23.9 Å². The van der Waals surface area contributed by atoms with E-state index < -0.39 is 0 Å². The summed E-state index contributed by atoms with van der Waals surface area (Å²) in [5.41, 5.74) is 0.450. The predicted molar refractivity (Wildman–Crippen MR) is 65.7 cm³/mol. The van der Waals surface area contributed by atoms with E-state index in [4.69, 9.17) is 0 Å². The standard InChI is InChI=1S/C13H11FOS/c1-8(15)9-6-7-12(16-2)10-4-3-5-11(14)13(9)10/h3-7H,1-2H3. The zero-order valence-electron chi connectivity index (χ0n) is 9.08. The van der Waals surface area contributed by atoms with Crippen molar-refractivity contribution in [2.75, 3.05) is 6.26 Å². The van der Waals surface area contributed by atoms with E-state index in [2.05, 4.69) is 0 Å². The Morgan fingerprint density at radius 3 is 2.62 bits per heavy atom. The molecule has 2 rings (SSSR count). The Morgan fingerprint density at radius 1 is 1.25 bits per heavy atom. The van der Waals surface area contributed by atoms with Crippen LogP contribution >= 0.6 is 11.8 Å². The number of Topliss-reactive ketones (excluding diaryl/α,β-unsaturated/α-hetero) is 1. The minimum absolute atomic E-state index is 0.109. The Labute approximate surface area is 97.7 Å². The fraction of sp³-hybridized carbons (Fsp3) is 0.154. The zero-order valence-corrected chi connectivity index (χ0v) is 9.90. The van der Waals surface area contributed by atoms with Crippen molar-refractivity contribution < 1.29 is 9.18 Å². The highest BCUT2D eigenvalue weighted by atomic mass is 32.2. The number of fused-ring (bicyclic) bond motifs is 1. The molecule has 3 heteroatoms. The van der Waals surface area contributed by atoms with Crippen LogP contribution in [0.5, 0.6) is 0 Å². The molecule has 0 saturated heterocycles. The van der Waals surface area contributed by atoms with Crippen LogP contribution in [-0.2, 0) is 0 Å². The van der Waals surface area contributed by atoms with Gasteiger partial charge in [-0.3, -0.25) is 4.79 Å². The third kappa shape index (κ3) is 1.71. The maximum absolute atomic E-state index is 13.8. The number of ketones is 1. The molecule has 0 amide bonds. The van der Waals surface area contributed by atoms with E-state index in [9.17, 15) is 9.18 Å². The molecule has 1 nitrogen and oxygen atoms in total. The van der Waals surface area contributed by atoms with Gasteiger partial charge in [-0.1, -0.05) is 12.1 Å². The molecule has 0 bridgehead atoms. The molecular weight excluding hydrogens is 223 g/mol. The summed E-state index contributed by atoms with van der Waals surface area (Å²) in [6.45, 7) is 1.46. The second-order valence-electron chi connectivity index (χ2n) is 3.53. The van der Waals surface area contributed by atoms with E-state index in [0.29, 0.717) is 10.9 Å². The summed E-state index contributed by atoms with van der Waals surface area (Å²) in [6, 6.07) is 8.46. The lowest BCUT2D eigenvalue weighted by Crippen LogP contribution is -1.96. The van der Waals surface area contributed by atoms with Crippen LogP contribution in [0.15, 0.2) is 35.2 Å². The van der Waals surface area contributed by atoms with Crippen molar-refractivity contribution >= 4 is 28.3 Å². The maximum Gasteiger partial charge on any atom is 0.160 e. The van der Waals surface area contributed by atoms with Gasteiger partial charge in [0.2, 0.25) is 0 Å². The maximum atomic E-state index is 13.8. The average Bonchev–Trinajstić information content (AvgIpc) is 2.28. The van der Waals surface area contributed by atoms with E-state index in [1.807, 2.05) is 18.4 Å². The van der Waals surface area contributed by atoms with Gasteiger partial charge in [-0.05, 0) is 36.8 Å². The van der Waals surface area contributed by atoms with Crippen molar-refractivity contribution in [2.24, 2.45) is 0 Å². The molecule has 2 aromatic carbocycles. The summed E-state index contributed by atoms with van der Waals surface area (Å²) in [5, 5.41) is 1.24. The highest BCUT2D eigenvalue weighted by molar-refractivity contribution is 7.98. The second kappa shape index (κ2) is 4.26. The first kappa shape index (κ1) is 11.1. The molecule has 0 N–H and O–H groups in total. The minimum Gasteiger partial charge on any atom is -0.294 e. The topological polar surface area (TPSA) is 17.1 Å². The van der Waals surface area contributed by atoms with Crippen molar-refractivity contribution in [3.05, 3.63) is 41.7 Å². The Morgan fingerprint density at radius 2 is 2.00 bits per heavy atom. The molecular formula is C13H11FOS. The van der Waals surface area contributed by atoms with Crippen LogP contribution in [0, 0.1) is 5.82 Å². The fourth-order valence-corrected chi connectivity index (χ4v) is 2.40. The molecule has 0 spiro atoms. The molecule has 0 aliphatic carbocycles. The van der Waals surface area contributed by atoms with Crippen LogP contribution in [0.4, 0.5) is 4.39 Å². The molecule has 82 valence electrons. The Balaban J connectivity index is 2.92. The number of hydrogen-bond acceptors (Lipinski definition) is 2. The zero-order chi connectivity index (χ0) is 11.7. The number of halogens is 1. The lowest BCUT2D eigenvalue weighted by Gasteiger charge is -2.08. The van der Waals surface area contributed by atoms with Gasteiger partial charge < -0.3 is 0 Å². The molecule has 16 heavy (non-hydrogen) atoms. The highest BCUT2D eigenvalue weighted by Gasteiger charge is 2.12. The summed E-state index contributed by atoms with van der Waals surface area (Å²) in [5.74, 6) is -0.443. The van der Waals surface area contributed by atoms with Crippen LogP contribution < -0.4 is 0 Å². The van der Waals surface area contributed by atoms with Crippen LogP contribution in [0.3, 0.4) is 0 Å². The molecule has 0 aromatic heterocycles. The monoisotopic (exact) mass is 234 g/mol. The number of hydrogen-bond donors (Lipinski definition) is 0. The quantitative estimate of drug-likeness (QED) is 0.579. The molecule has 0 fully saturated rings. The van der Waals surface area contributed by atoms with E-state index >= 15 is 0 Å². The molecule has 2 aromatic rings. The van der Waals surface area contributed by atoms with Crippen LogP contribution in [0.25, 0.3) is 10.8 Å². The lowest BCUT2D eigenvalue weighted by atomic mass is 10.0. The minimum atomic E-state index is -0.335. The summed E-state index contributed by atoms with van der Waals surface area (Å²) in [6.07, 6.45) is 1.94. The first-order valence-corrected chi connectivity index (χ1v) is 6.13. The van der Waals surface area contributed by atoms with Gasteiger partial charge >= 0.3 is 0 Å². The lowest BCUT2D eigenvalue weighted by molar-refractivity contribution is 0.101. The number of thioether (sulfide) groups is 1. The van der Waals surface area contributed by atoms with Gasteiger partial charge in [0, 0.05) is 15.8 Å². The van der Waals surface area contributed by atoms with Crippen molar-refractivity contribution in [2.45, 2.75) is 11.8 Å². The largest absolute Gasteiger partial charge is 0.294 e. The van der Waals surface area contributed by atoms with E-state index in [0.717, 1.165) is 10.3 Å². The Bertz CT molecular complexity index is 563. The van der Waals surface area contributed by atoms with Crippen molar-refractivity contribution in [3.8, 4) is 0 Å². The molecule has 0 aliphatic rings. The van der Waals surface area contributed by atoms with Gasteiger partial charge in [-0.25, -0.2) is 4.39 Å². The predicted octanol–water partition coefficient (Wildman–Crippen LogP) is 3.90. The van der Waals surface area contributed by atoms with Crippen molar-refractivity contribution in [1.29, 1.82) is 0 Å². The third-order valence-electron chi connectivity index (χ3n) is 2.55. The van der Waals surface area contributed by atoms with Crippen molar-refractivity contribution in [3.63, 3.8) is 0 Å². The number of carbonyl (C=O) groups is 1. The van der Waals surface area contributed by atoms with Crippen LogP contribution in [-0.4, -0.2) is 12.0 Å². The first-order valence-electron chi connectivity index (χ1n) is 4.91. The van der Waals surface area contributed by atoms with Gasteiger partial charge in [0.25, 0.3) is 0 Å². The molecule has 0 atom stereocenters. The SMILES string of the molecule is CSc1ccc(C(C)=O)c2c(F)cccc12. The van der Waals surface area contributed by atoms with Gasteiger partial charge in [-0.2, -0.15) is 0 Å². The van der Waals surface area contributed by atoms with Gasteiger partial charge in [-0.15, -0.1) is 11.8 Å². The average molecular weight is 234 g/mol. The van der Waals surface area contributed by atoms with Gasteiger partial charge in [0.05, 0.1) is 0 Å². The van der Waals surface area contributed by atoms with E-state index in [-0.39, 0.29) is 11.6 Å². The molecule has 0 radical (unpaired) electrons.